The molecule has 7 heteroatoms. The van der Waals surface area contributed by atoms with Crippen molar-refractivity contribution in [1.82, 2.24) is 10.6 Å². The SMILES string of the molecule is CCc1ccc(CC(NC(=S)NCCOC(C)=O)c2cccc(Cl)c2Cl)cc1. The Morgan fingerprint density at radius 2 is 1.82 bits per heavy atom. The van der Waals surface area contributed by atoms with Crippen molar-refractivity contribution >= 4 is 46.5 Å². The first-order chi connectivity index (χ1) is 13.4. The van der Waals surface area contributed by atoms with Gasteiger partial charge in [0.2, 0.25) is 0 Å². The van der Waals surface area contributed by atoms with Gasteiger partial charge in [0.15, 0.2) is 5.11 Å². The Bertz CT molecular complexity index is 813. The zero-order valence-electron chi connectivity index (χ0n) is 15.9. The molecule has 4 nitrogen and oxygen atoms in total. The van der Waals surface area contributed by atoms with Crippen molar-refractivity contribution in [3.05, 3.63) is 69.2 Å². The number of nitrogens with one attached hydrogen (secondary N) is 2. The van der Waals surface area contributed by atoms with Crippen molar-refractivity contribution in [3.8, 4) is 0 Å². The summed E-state index contributed by atoms with van der Waals surface area (Å²) in [6, 6.07) is 13.9. The van der Waals surface area contributed by atoms with Crippen LogP contribution in [-0.2, 0) is 22.4 Å². The second-order valence-electron chi connectivity index (χ2n) is 6.31. The number of carbonyl (C=O) groups is 1. The van der Waals surface area contributed by atoms with Gasteiger partial charge in [-0.05, 0) is 47.8 Å². The molecule has 0 saturated heterocycles. The summed E-state index contributed by atoms with van der Waals surface area (Å²) in [4.78, 5) is 10.8. The highest BCUT2D eigenvalue weighted by Gasteiger charge is 2.18. The van der Waals surface area contributed by atoms with Gasteiger partial charge < -0.3 is 15.4 Å². The van der Waals surface area contributed by atoms with Gasteiger partial charge in [0.05, 0.1) is 22.6 Å². The zero-order valence-corrected chi connectivity index (χ0v) is 18.3. The molecule has 0 fully saturated rings. The van der Waals surface area contributed by atoms with Crippen molar-refractivity contribution in [2.24, 2.45) is 0 Å². The predicted molar refractivity (Wildman–Crippen MR) is 119 cm³/mol. The fourth-order valence-corrected chi connectivity index (χ4v) is 3.43. The number of hydrogen-bond donors (Lipinski definition) is 2. The van der Waals surface area contributed by atoms with Crippen molar-refractivity contribution in [1.29, 1.82) is 0 Å². The number of hydrogen-bond acceptors (Lipinski definition) is 3. The number of benzene rings is 2. The highest BCUT2D eigenvalue weighted by atomic mass is 35.5. The summed E-state index contributed by atoms with van der Waals surface area (Å²) in [5, 5.41) is 7.81. The lowest BCUT2D eigenvalue weighted by molar-refractivity contribution is -0.140. The molecular weight excluding hydrogens is 415 g/mol. The molecule has 2 rings (SSSR count). The van der Waals surface area contributed by atoms with Crippen LogP contribution in [0.5, 0.6) is 0 Å². The highest BCUT2D eigenvalue weighted by Crippen LogP contribution is 2.31. The molecular formula is C21H24Cl2N2O2S. The van der Waals surface area contributed by atoms with Gasteiger partial charge in [0.25, 0.3) is 0 Å². The molecule has 1 unspecified atom stereocenters. The molecule has 0 amide bonds. The van der Waals surface area contributed by atoms with Crippen LogP contribution in [0, 0.1) is 0 Å². The van der Waals surface area contributed by atoms with E-state index in [4.69, 9.17) is 40.2 Å². The van der Waals surface area contributed by atoms with Crippen molar-refractivity contribution < 1.29 is 9.53 Å². The predicted octanol–water partition coefficient (Wildman–Crippen LogP) is 4.87. The average Bonchev–Trinajstić information content (AvgIpc) is 2.67. The first kappa shape index (κ1) is 22.5. The summed E-state index contributed by atoms with van der Waals surface area (Å²) in [7, 11) is 0. The van der Waals surface area contributed by atoms with Gasteiger partial charge in [0.1, 0.15) is 6.61 Å². The number of aryl methyl sites for hydroxylation is 1. The molecule has 0 spiro atoms. The molecule has 1 atom stereocenters. The minimum Gasteiger partial charge on any atom is -0.464 e. The maximum absolute atomic E-state index is 10.8. The van der Waals surface area contributed by atoms with Crippen LogP contribution in [0.4, 0.5) is 0 Å². The molecule has 0 aromatic heterocycles. The minimum atomic E-state index is -0.320. The minimum absolute atomic E-state index is 0.160. The van der Waals surface area contributed by atoms with E-state index < -0.39 is 0 Å². The summed E-state index contributed by atoms with van der Waals surface area (Å²) in [5.41, 5.74) is 3.32. The maximum atomic E-state index is 10.8. The van der Waals surface area contributed by atoms with Gasteiger partial charge >= 0.3 is 5.97 Å². The second-order valence-corrected chi connectivity index (χ2v) is 7.50. The second kappa shape index (κ2) is 11.2. The van der Waals surface area contributed by atoms with E-state index in [0.29, 0.717) is 28.1 Å². The van der Waals surface area contributed by atoms with Crippen LogP contribution in [0.3, 0.4) is 0 Å². The van der Waals surface area contributed by atoms with Crippen molar-refractivity contribution in [3.63, 3.8) is 0 Å². The number of carbonyl (C=O) groups excluding carboxylic acids is 1. The van der Waals surface area contributed by atoms with Crippen LogP contribution in [0.15, 0.2) is 42.5 Å². The van der Waals surface area contributed by atoms with Crippen LogP contribution >= 0.6 is 35.4 Å². The fourth-order valence-electron chi connectivity index (χ4n) is 2.74. The smallest absolute Gasteiger partial charge is 0.302 e. The third-order valence-electron chi connectivity index (χ3n) is 4.23. The molecule has 2 aromatic carbocycles. The number of ether oxygens (including phenoxy) is 1. The number of esters is 1. The Kier molecular flexibility index (Phi) is 9.03. The van der Waals surface area contributed by atoms with E-state index in [1.54, 1.807) is 6.07 Å². The van der Waals surface area contributed by atoms with E-state index >= 15 is 0 Å². The molecule has 2 aromatic rings. The number of rotatable bonds is 8. The fraction of sp³-hybridized carbons (Fsp3) is 0.333. The van der Waals surface area contributed by atoms with Crippen LogP contribution in [0.1, 0.15) is 36.6 Å². The molecule has 0 aliphatic heterocycles. The Morgan fingerprint density at radius 1 is 1.14 bits per heavy atom. The van der Waals surface area contributed by atoms with Gasteiger partial charge in [-0.25, -0.2) is 0 Å². The molecule has 0 heterocycles. The summed E-state index contributed by atoms with van der Waals surface area (Å²) in [6.07, 6.45) is 1.69. The summed E-state index contributed by atoms with van der Waals surface area (Å²) in [5.74, 6) is -0.320. The molecule has 0 saturated carbocycles. The monoisotopic (exact) mass is 438 g/mol. The number of halogens is 2. The van der Waals surface area contributed by atoms with E-state index in [1.165, 1.54) is 12.5 Å². The Hall–Kier alpha value is -1.82. The average molecular weight is 439 g/mol. The van der Waals surface area contributed by atoms with E-state index in [9.17, 15) is 4.79 Å². The van der Waals surface area contributed by atoms with E-state index in [-0.39, 0.29) is 18.6 Å². The zero-order chi connectivity index (χ0) is 20.5. The molecule has 0 radical (unpaired) electrons. The normalized spacial score (nSPS) is 11.6. The van der Waals surface area contributed by atoms with Crippen molar-refractivity contribution in [2.75, 3.05) is 13.2 Å². The first-order valence-electron chi connectivity index (χ1n) is 9.10. The van der Waals surface area contributed by atoms with Crippen LogP contribution < -0.4 is 10.6 Å². The lowest BCUT2D eigenvalue weighted by atomic mass is 9.98. The summed E-state index contributed by atoms with van der Waals surface area (Å²) in [6.45, 7) is 4.17. The Balaban J connectivity index is 2.12. The molecule has 0 aliphatic carbocycles. The number of thiocarbonyl (C=S) groups is 1. The lowest BCUT2D eigenvalue weighted by Gasteiger charge is -2.23. The Labute approximate surface area is 181 Å². The van der Waals surface area contributed by atoms with Crippen LogP contribution in [-0.4, -0.2) is 24.2 Å². The molecule has 0 aliphatic rings. The standard InChI is InChI=1S/C21H24Cl2N2O2S/c1-3-15-7-9-16(10-8-15)13-19(17-5-4-6-18(22)20(17)23)25-21(28)24-11-12-27-14(2)26/h4-10,19H,3,11-13H2,1-2H3,(H2,24,25,28). The van der Waals surface area contributed by atoms with Gasteiger partial charge in [-0.1, -0.05) is 66.5 Å². The quantitative estimate of drug-likeness (QED) is 0.349. The largest absolute Gasteiger partial charge is 0.464 e. The third kappa shape index (κ3) is 6.97. The topological polar surface area (TPSA) is 50.4 Å². The van der Waals surface area contributed by atoms with Crippen LogP contribution in [0.25, 0.3) is 0 Å². The maximum Gasteiger partial charge on any atom is 0.302 e. The van der Waals surface area contributed by atoms with E-state index in [0.717, 1.165) is 17.5 Å². The van der Waals surface area contributed by atoms with Gasteiger partial charge in [0, 0.05) is 6.92 Å². The van der Waals surface area contributed by atoms with Crippen molar-refractivity contribution in [2.45, 2.75) is 32.7 Å². The molecule has 0 bridgehead atoms. The van der Waals surface area contributed by atoms with E-state index in [2.05, 4.69) is 41.8 Å². The van der Waals surface area contributed by atoms with E-state index in [1.807, 2.05) is 12.1 Å². The Morgan fingerprint density at radius 3 is 2.46 bits per heavy atom. The molecule has 28 heavy (non-hydrogen) atoms. The van der Waals surface area contributed by atoms with Gasteiger partial charge in [-0.3, -0.25) is 4.79 Å². The first-order valence-corrected chi connectivity index (χ1v) is 10.3. The summed E-state index contributed by atoms with van der Waals surface area (Å²) >= 11 is 18.1. The van der Waals surface area contributed by atoms with Crippen LogP contribution in [0.2, 0.25) is 10.0 Å². The lowest BCUT2D eigenvalue weighted by Crippen LogP contribution is -2.40. The summed E-state index contributed by atoms with van der Waals surface area (Å²) < 4.78 is 4.91. The molecule has 2 N–H and O–H groups in total. The third-order valence-corrected chi connectivity index (χ3v) is 5.32. The van der Waals surface area contributed by atoms with Gasteiger partial charge in [-0.2, -0.15) is 0 Å². The molecule has 150 valence electrons. The van der Waals surface area contributed by atoms with Gasteiger partial charge in [-0.15, -0.1) is 0 Å². The highest BCUT2D eigenvalue weighted by molar-refractivity contribution is 7.80.